The Kier molecular flexibility index (Phi) is 3.86. The Morgan fingerprint density at radius 1 is 1.46 bits per heavy atom. The van der Waals surface area contributed by atoms with Crippen LogP contribution in [0.4, 0.5) is 5.69 Å². The van der Waals surface area contributed by atoms with Gasteiger partial charge in [-0.3, -0.25) is 0 Å². The second kappa shape index (κ2) is 4.94. The van der Waals surface area contributed by atoms with Crippen LogP contribution in [-0.2, 0) is 0 Å². The predicted octanol–water partition coefficient (Wildman–Crippen LogP) is 1.40. The van der Waals surface area contributed by atoms with Gasteiger partial charge in [-0.15, -0.1) is 11.6 Å². The number of hydrogen-bond donors (Lipinski definition) is 3. The SMILES string of the molecule is Oc1cccc(NCC(O)CCl)c1. The second-order valence-electron chi connectivity index (χ2n) is 2.74. The van der Waals surface area contributed by atoms with Crippen molar-refractivity contribution in [2.24, 2.45) is 0 Å². The van der Waals surface area contributed by atoms with E-state index in [4.69, 9.17) is 21.8 Å². The van der Waals surface area contributed by atoms with E-state index in [1.807, 2.05) is 0 Å². The Hall–Kier alpha value is -0.930. The molecule has 0 aliphatic rings. The molecule has 1 aromatic rings. The molecule has 0 amide bonds. The number of benzene rings is 1. The van der Waals surface area contributed by atoms with Crippen LogP contribution in [0.2, 0.25) is 0 Å². The van der Waals surface area contributed by atoms with Gasteiger partial charge in [0, 0.05) is 18.3 Å². The molecule has 1 aromatic carbocycles. The molecule has 0 heterocycles. The van der Waals surface area contributed by atoms with Gasteiger partial charge in [0.1, 0.15) is 5.75 Å². The number of aliphatic hydroxyl groups excluding tert-OH is 1. The van der Waals surface area contributed by atoms with Crippen molar-refractivity contribution in [3.05, 3.63) is 24.3 Å². The fraction of sp³-hybridized carbons (Fsp3) is 0.333. The van der Waals surface area contributed by atoms with Gasteiger partial charge in [0.2, 0.25) is 0 Å². The molecule has 0 bridgehead atoms. The van der Waals surface area contributed by atoms with E-state index in [0.717, 1.165) is 5.69 Å². The van der Waals surface area contributed by atoms with Gasteiger partial charge in [0.25, 0.3) is 0 Å². The zero-order chi connectivity index (χ0) is 9.68. The maximum absolute atomic E-state index is 9.13. The summed E-state index contributed by atoms with van der Waals surface area (Å²) in [5.41, 5.74) is 0.768. The van der Waals surface area contributed by atoms with Gasteiger partial charge in [-0.2, -0.15) is 0 Å². The molecule has 0 radical (unpaired) electrons. The molecule has 1 atom stereocenters. The normalized spacial score (nSPS) is 12.5. The van der Waals surface area contributed by atoms with Gasteiger partial charge in [-0.05, 0) is 12.1 Å². The predicted molar refractivity (Wildman–Crippen MR) is 53.3 cm³/mol. The molecule has 3 N–H and O–H groups in total. The van der Waals surface area contributed by atoms with E-state index >= 15 is 0 Å². The summed E-state index contributed by atoms with van der Waals surface area (Å²) < 4.78 is 0. The molecule has 13 heavy (non-hydrogen) atoms. The zero-order valence-corrected chi connectivity index (χ0v) is 7.83. The number of nitrogens with one attached hydrogen (secondary N) is 1. The molecule has 0 aliphatic carbocycles. The standard InChI is InChI=1S/C9H12ClNO2/c10-5-9(13)6-11-7-2-1-3-8(12)4-7/h1-4,9,11-13H,5-6H2. The van der Waals surface area contributed by atoms with Crippen LogP contribution in [0, 0.1) is 0 Å². The average Bonchev–Trinajstić information content (AvgIpc) is 2.14. The lowest BCUT2D eigenvalue weighted by Crippen LogP contribution is -2.20. The molecule has 3 nitrogen and oxygen atoms in total. The number of aromatic hydroxyl groups is 1. The minimum atomic E-state index is -0.566. The molecule has 0 saturated heterocycles. The van der Waals surface area contributed by atoms with Crippen LogP contribution in [0.3, 0.4) is 0 Å². The molecular weight excluding hydrogens is 190 g/mol. The van der Waals surface area contributed by atoms with Crippen molar-refractivity contribution < 1.29 is 10.2 Å². The topological polar surface area (TPSA) is 52.5 Å². The first-order chi connectivity index (χ1) is 6.22. The third-order valence-electron chi connectivity index (χ3n) is 1.57. The molecule has 0 aromatic heterocycles. The largest absolute Gasteiger partial charge is 0.508 e. The first-order valence-electron chi connectivity index (χ1n) is 3.99. The van der Waals surface area contributed by atoms with Gasteiger partial charge in [0.05, 0.1) is 12.0 Å². The maximum Gasteiger partial charge on any atom is 0.117 e. The smallest absolute Gasteiger partial charge is 0.117 e. The summed E-state index contributed by atoms with van der Waals surface area (Å²) in [5, 5.41) is 21.2. The van der Waals surface area contributed by atoms with Crippen molar-refractivity contribution in [2.45, 2.75) is 6.10 Å². The summed E-state index contributed by atoms with van der Waals surface area (Å²) in [6.07, 6.45) is -0.566. The number of aliphatic hydroxyl groups is 1. The van der Waals surface area contributed by atoms with E-state index in [2.05, 4.69) is 5.32 Å². The fourth-order valence-corrected chi connectivity index (χ4v) is 1.02. The quantitative estimate of drug-likeness (QED) is 0.646. The van der Waals surface area contributed by atoms with E-state index in [1.54, 1.807) is 24.3 Å². The highest BCUT2D eigenvalue weighted by Gasteiger charge is 2.00. The molecule has 0 spiro atoms. The molecule has 0 aliphatic heterocycles. The summed E-state index contributed by atoms with van der Waals surface area (Å²) in [4.78, 5) is 0. The van der Waals surface area contributed by atoms with Crippen LogP contribution in [0.15, 0.2) is 24.3 Å². The molecule has 1 unspecified atom stereocenters. The lowest BCUT2D eigenvalue weighted by Gasteiger charge is -2.09. The van der Waals surface area contributed by atoms with Crippen LogP contribution < -0.4 is 5.32 Å². The Bertz CT molecular complexity index is 268. The van der Waals surface area contributed by atoms with Gasteiger partial charge < -0.3 is 15.5 Å². The minimum absolute atomic E-state index is 0.199. The van der Waals surface area contributed by atoms with Crippen molar-refractivity contribution >= 4 is 17.3 Å². The summed E-state index contributed by atoms with van der Waals surface area (Å²) in [6.45, 7) is 0.382. The molecule has 72 valence electrons. The number of hydrogen-bond acceptors (Lipinski definition) is 3. The Labute approximate surface area is 82.0 Å². The molecule has 1 rings (SSSR count). The van der Waals surface area contributed by atoms with Gasteiger partial charge in [-0.1, -0.05) is 6.07 Å². The number of rotatable bonds is 4. The highest BCUT2D eigenvalue weighted by molar-refractivity contribution is 6.18. The van der Waals surface area contributed by atoms with Gasteiger partial charge in [0.15, 0.2) is 0 Å². The summed E-state index contributed by atoms with van der Waals surface area (Å²) in [5.74, 6) is 0.400. The number of alkyl halides is 1. The summed E-state index contributed by atoms with van der Waals surface area (Å²) in [6, 6.07) is 6.70. The first kappa shape index (κ1) is 10.2. The van der Waals surface area contributed by atoms with Crippen LogP contribution in [0.25, 0.3) is 0 Å². The monoisotopic (exact) mass is 201 g/mol. The molecule has 0 saturated carbocycles. The number of halogens is 1. The summed E-state index contributed by atoms with van der Waals surface area (Å²) >= 11 is 5.41. The third-order valence-corrected chi connectivity index (χ3v) is 1.92. The fourth-order valence-electron chi connectivity index (χ4n) is 0.906. The number of phenols is 1. The van der Waals surface area contributed by atoms with Crippen LogP contribution in [-0.4, -0.2) is 28.7 Å². The lowest BCUT2D eigenvalue weighted by atomic mass is 10.3. The molecule has 4 heteroatoms. The zero-order valence-electron chi connectivity index (χ0n) is 7.07. The Morgan fingerprint density at radius 3 is 2.85 bits per heavy atom. The number of anilines is 1. The van der Waals surface area contributed by atoms with Crippen molar-refractivity contribution in [2.75, 3.05) is 17.7 Å². The van der Waals surface area contributed by atoms with E-state index in [-0.39, 0.29) is 11.6 Å². The second-order valence-corrected chi connectivity index (χ2v) is 3.05. The molecular formula is C9H12ClNO2. The van der Waals surface area contributed by atoms with Crippen molar-refractivity contribution in [1.29, 1.82) is 0 Å². The van der Waals surface area contributed by atoms with E-state index < -0.39 is 6.10 Å². The third kappa shape index (κ3) is 3.53. The maximum atomic E-state index is 9.13. The van der Waals surface area contributed by atoms with Gasteiger partial charge >= 0.3 is 0 Å². The van der Waals surface area contributed by atoms with E-state index in [9.17, 15) is 0 Å². The van der Waals surface area contributed by atoms with Crippen molar-refractivity contribution in [3.8, 4) is 5.75 Å². The van der Waals surface area contributed by atoms with E-state index in [0.29, 0.717) is 6.54 Å². The first-order valence-corrected chi connectivity index (χ1v) is 4.53. The number of phenolic OH excluding ortho intramolecular Hbond substituents is 1. The molecule has 0 fully saturated rings. The Balaban J connectivity index is 2.45. The van der Waals surface area contributed by atoms with Gasteiger partial charge in [-0.25, -0.2) is 0 Å². The Morgan fingerprint density at radius 2 is 2.23 bits per heavy atom. The van der Waals surface area contributed by atoms with Crippen LogP contribution in [0.1, 0.15) is 0 Å². The highest BCUT2D eigenvalue weighted by atomic mass is 35.5. The van der Waals surface area contributed by atoms with Crippen LogP contribution >= 0.6 is 11.6 Å². The lowest BCUT2D eigenvalue weighted by molar-refractivity contribution is 0.211. The highest BCUT2D eigenvalue weighted by Crippen LogP contribution is 2.14. The van der Waals surface area contributed by atoms with Crippen LogP contribution in [0.5, 0.6) is 5.75 Å². The average molecular weight is 202 g/mol. The van der Waals surface area contributed by atoms with E-state index in [1.165, 1.54) is 0 Å². The minimum Gasteiger partial charge on any atom is -0.508 e. The summed E-state index contributed by atoms with van der Waals surface area (Å²) in [7, 11) is 0. The van der Waals surface area contributed by atoms with Crippen molar-refractivity contribution in [3.63, 3.8) is 0 Å². The van der Waals surface area contributed by atoms with Crippen molar-refractivity contribution in [1.82, 2.24) is 0 Å².